The van der Waals surface area contributed by atoms with Gasteiger partial charge in [0.1, 0.15) is 28.6 Å². The first kappa shape index (κ1) is 38.1. The fourth-order valence-electron chi connectivity index (χ4n) is 6.74. The summed E-state index contributed by atoms with van der Waals surface area (Å²) in [6.45, 7) is 16.4. The molecular formula is C49H50O5. The zero-order valence-electron chi connectivity index (χ0n) is 32.5. The van der Waals surface area contributed by atoms with Gasteiger partial charge >= 0.3 is 0 Å². The molecule has 0 aliphatic heterocycles. The van der Waals surface area contributed by atoms with Crippen LogP contribution in [0.2, 0.25) is 0 Å². The van der Waals surface area contributed by atoms with Gasteiger partial charge in [-0.1, -0.05) is 100 Å². The molecule has 0 fully saturated rings. The summed E-state index contributed by atoms with van der Waals surface area (Å²) in [5.74, 6) is 2.20. The average molecular weight is 719 g/mol. The van der Waals surface area contributed by atoms with Crippen LogP contribution in [0.3, 0.4) is 0 Å². The second-order valence-corrected chi connectivity index (χ2v) is 16.1. The summed E-state index contributed by atoms with van der Waals surface area (Å²) in [6.07, 6.45) is 0. The number of benzene rings is 6. The molecule has 0 aliphatic carbocycles. The van der Waals surface area contributed by atoms with E-state index in [0.717, 1.165) is 33.4 Å². The first-order valence-electron chi connectivity index (χ1n) is 18.4. The number of phenols is 1. The quantitative estimate of drug-likeness (QED) is 0.123. The third-order valence-electron chi connectivity index (χ3n) is 10.6. The van der Waals surface area contributed by atoms with E-state index in [2.05, 4.69) is 76.2 Å². The predicted octanol–water partition coefficient (Wildman–Crippen LogP) is 11.6. The first-order valence-corrected chi connectivity index (χ1v) is 18.4. The molecule has 6 aromatic carbocycles. The predicted molar refractivity (Wildman–Crippen MR) is 217 cm³/mol. The Morgan fingerprint density at radius 3 is 1.15 bits per heavy atom. The van der Waals surface area contributed by atoms with E-state index in [1.165, 1.54) is 0 Å². The Balaban J connectivity index is 1.06. The molecule has 5 nitrogen and oxygen atoms in total. The minimum atomic E-state index is -0.877. The smallest absolute Gasteiger partial charge is 0.193 e. The molecule has 0 radical (unpaired) electrons. The molecule has 0 amide bonds. The van der Waals surface area contributed by atoms with Gasteiger partial charge in [-0.05, 0) is 134 Å². The van der Waals surface area contributed by atoms with Crippen LogP contribution in [0.25, 0.3) is 0 Å². The summed E-state index contributed by atoms with van der Waals surface area (Å²) in [5, 5.41) is 20.0. The maximum atomic E-state index is 13.4. The highest BCUT2D eigenvalue weighted by Gasteiger charge is 2.27. The number of hydrogen-bond donors (Lipinski definition) is 2. The Hall–Kier alpha value is -5.65. The van der Waals surface area contributed by atoms with Crippen molar-refractivity contribution in [3.63, 3.8) is 0 Å². The Morgan fingerprint density at radius 2 is 0.741 bits per heavy atom. The maximum absolute atomic E-state index is 13.4. The number of ketones is 1. The zero-order chi connectivity index (χ0) is 38.9. The standard InChI is InChI=1S/C49H50O5/c1-46(2,37-21-25-41(50)26-22-37)36-15-19-40(20-16-36)49(7,8)54-44-29-11-34(12-30-44)45(51)33-9-27-42(28-10-33)53-43-31-23-38(24-32-43)47(3,4)35-13-17-39(18-14-35)48(5,6)52/h9-32,50,52H,1-8H3. The van der Waals surface area contributed by atoms with Crippen LogP contribution in [-0.2, 0) is 22.0 Å². The van der Waals surface area contributed by atoms with E-state index in [0.29, 0.717) is 28.4 Å². The molecule has 0 unspecified atom stereocenters. The third-order valence-corrected chi connectivity index (χ3v) is 10.6. The molecule has 0 heterocycles. The second kappa shape index (κ2) is 14.6. The van der Waals surface area contributed by atoms with Gasteiger partial charge in [0.2, 0.25) is 0 Å². The normalized spacial score (nSPS) is 12.3. The highest BCUT2D eigenvalue weighted by molar-refractivity contribution is 6.09. The lowest BCUT2D eigenvalue weighted by Gasteiger charge is -2.30. The molecule has 6 aromatic rings. The van der Waals surface area contributed by atoms with E-state index in [4.69, 9.17) is 9.47 Å². The Labute approximate surface area is 319 Å². The van der Waals surface area contributed by atoms with Crippen molar-refractivity contribution in [2.45, 2.75) is 77.4 Å². The van der Waals surface area contributed by atoms with Crippen LogP contribution in [-0.4, -0.2) is 16.0 Å². The lowest BCUT2D eigenvalue weighted by atomic mass is 9.77. The zero-order valence-corrected chi connectivity index (χ0v) is 32.5. The summed E-state index contributed by atoms with van der Waals surface area (Å²) in [4.78, 5) is 13.4. The minimum Gasteiger partial charge on any atom is -0.508 e. The van der Waals surface area contributed by atoms with E-state index in [1.54, 1.807) is 50.2 Å². The van der Waals surface area contributed by atoms with Crippen LogP contribution in [0.4, 0.5) is 0 Å². The molecule has 0 saturated carbocycles. The summed E-state index contributed by atoms with van der Waals surface area (Å²) in [5.41, 5.74) is 5.69. The fraction of sp³-hybridized carbons (Fsp3) is 0.245. The lowest BCUT2D eigenvalue weighted by molar-refractivity contribution is 0.0785. The molecule has 6 rings (SSSR count). The molecule has 0 atom stereocenters. The monoisotopic (exact) mass is 718 g/mol. The average Bonchev–Trinajstić information content (AvgIpc) is 3.15. The number of carbonyl (C=O) groups excluding carboxylic acids is 1. The van der Waals surface area contributed by atoms with E-state index in [1.807, 2.05) is 74.5 Å². The van der Waals surface area contributed by atoms with Gasteiger partial charge in [0.25, 0.3) is 0 Å². The van der Waals surface area contributed by atoms with E-state index in [-0.39, 0.29) is 22.4 Å². The first-order chi connectivity index (χ1) is 25.4. The van der Waals surface area contributed by atoms with Gasteiger partial charge in [0.15, 0.2) is 5.78 Å². The second-order valence-electron chi connectivity index (χ2n) is 16.1. The van der Waals surface area contributed by atoms with Crippen molar-refractivity contribution in [2.75, 3.05) is 0 Å². The number of ether oxygens (including phenoxy) is 2. The van der Waals surface area contributed by atoms with Crippen molar-refractivity contribution in [1.82, 2.24) is 0 Å². The largest absolute Gasteiger partial charge is 0.508 e. The SMILES string of the molecule is CC(C)(O)c1ccc(C(C)(C)c2ccc(Oc3ccc(C(=O)c4ccc(OC(C)(C)c5ccc(C(C)(C)c6ccc(O)cc6)cc5)cc4)cc3)cc2)cc1. The summed E-state index contributed by atoms with van der Waals surface area (Å²) in [7, 11) is 0. The van der Waals surface area contributed by atoms with Crippen molar-refractivity contribution in [3.05, 3.63) is 190 Å². The van der Waals surface area contributed by atoms with Gasteiger partial charge in [0, 0.05) is 22.0 Å². The van der Waals surface area contributed by atoms with E-state index < -0.39 is 11.2 Å². The Bertz CT molecular complexity index is 2190. The number of phenolic OH excluding ortho intramolecular Hbond substituents is 1. The number of aliphatic hydroxyl groups is 1. The molecule has 0 aromatic heterocycles. The fourth-order valence-corrected chi connectivity index (χ4v) is 6.74. The van der Waals surface area contributed by atoms with Gasteiger partial charge in [0.05, 0.1) is 5.60 Å². The topological polar surface area (TPSA) is 76.0 Å². The number of carbonyl (C=O) groups is 1. The molecular weight excluding hydrogens is 669 g/mol. The van der Waals surface area contributed by atoms with Crippen molar-refractivity contribution in [3.8, 4) is 23.0 Å². The molecule has 0 saturated heterocycles. The molecule has 54 heavy (non-hydrogen) atoms. The van der Waals surface area contributed by atoms with Crippen LogP contribution in [0.5, 0.6) is 23.0 Å². The van der Waals surface area contributed by atoms with Crippen LogP contribution >= 0.6 is 0 Å². The van der Waals surface area contributed by atoms with Gasteiger partial charge in [-0.3, -0.25) is 4.79 Å². The van der Waals surface area contributed by atoms with Crippen LogP contribution in [0.1, 0.15) is 105 Å². The summed E-state index contributed by atoms with van der Waals surface area (Å²) in [6, 6.07) is 46.5. The van der Waals surface area contributed by atoms with E-state index in [9.17, 15) is 15.0 Å². The minimum absolute atomic E-state index is 0.0821. The maximum Gasteiger partial charge on any atom is 0.193 e. The van der Waals surface area contributed by atoms with Crippen LogP contribution in [0, 0.1) is 0 Å². The molecule has 5 heteroatoms. The molecule has 0 bridgehead atoms. The van der Waals surface area contributed by atoms with Crippen molar-refractivity contribution in [2.24, 2.45) is 0 Å². The molecule has 0 spiro atoms. The summed E-state index contributed by atoms with van der Waals surface area (Å²) < 4.78 is 12.6. The van der Waals surface area contributed by atoms with Crippen molar-refractivity contribution >= 4 is 5.78 Å². The summed E-state index contributed by atoms with van der Waals surface area (Å²) >= 11 is 0. The van der Waals surface area contributed by atoms with Crippen molar-refractivity contribution in [1.29, 1.82) is 0 Å². The lowest BCUT2D eigenvalue weighted by Crippen LogP contribution is -2.26. The van der Waals surface area contributed by atoms with Crippen molar-refractivity contribution < 1.29 is 24.5 Å². The van der Waals surface area contributed by atoms with Crippen LogP contribution < -0.4 is 9.47 Å². The Morgan fingerprint density at radius 1 is 0.426 bits per heavy atom. The van der Waals surface area contributed by atoms with Gasteiger partial charge in [-0.25, -0.2) is 0 Å². The van der Waals surface area contributed by atoms with E-state index >= 15 is 0 Å². The molecule has 276 valence electrons. The molecule has 2 N–H and O–H groups in total. The number of hydrogen-bond acceptors (Lipinski definition) is 5. The number of aromatic hydroxyl groups is 1. The third kappa shape index (κ3) is 8.27. The van der Waals surface area contributed by atoms with Gasteiger partial charge < -0.3 is 19.7 Å². The van der Waals surface area contributed by atoms with Gasteiger partial charge in [-0.2, -0.15) is 0 Å². The Kier molecular flexibility index (Phi) is 10.3. The van der Waals surface area contributed by atoms with Crippen LogP contribution in [0.15, 0.2) is 146 Å². The number of rotatable bonds is 12. The van der Waals surface area contributed by atoms with Gasteiger partial charge in [-0.15, -0.1) is 0 Å². The highest BCUT2D eigenvalue weighted by atomic mass is 16.5. The highest BCUT2D eigenvalue weighted by Crippen LogP contribution is 2.36. The molecule has 0 aliphatic rings.